The van der Waals surface area contributed by atoms with Gasteiger partial charge in [-0.25, -0.2) is 4.79 Å². The minimum absolute atomic E-state index is 0.199. The van der Waals surface area contributed by atoms with Crippen molar-refractivity contribution in [2.24, 2.45) is 5.92 Å². The molecule has 0 unspecified atom stereocenters. The first-order chi connectivity index (χ1) is 8.09. The fourth-order valence-electron chi connectivity index (χ4n) is 0.920. The van der Waals surface area contributed by atoms with Gasteiger partial charge in [0.25, 0.3) is 5.91 Å². The maximum atomic E-state index is 11.2. The van der Waals surface area contributed by atoms with Crippen LogP contribution in [0.4, 0.5) is 0 Å². The molecule has 0 aromatic heterocycles. The zero-order valence-corrected chi connectivity index (χ0v) is 9.80. The van der Waals surface area contributed by atoms with E-state index in [0.717, 1.165) is 0 Å². The van der Waals surface area contributed by atoms with Gasteiger partial charge in [-0.05, 0) is 12.1 Å². The number of carbonyl (C=O) groups excluding carboxylic acids is 2. The van der Waals surface area contributed by atoms with E-state index in [0.29, 0.717) is 5.75 Å². The molecule has 5 heteroatoms. The number of benzene rings is 1. The van der Waals surface area contributed by atoms with Gasteiger partial charge in [0.1, 0.15) is 5.75 Å². The molecule has 0 aliphatic heterocycles. The van der Waals surface area contributed by atoms with Crippen LogP contribution in [0.25, 0.3) is 0 Å². The molecule has 92 valence electrons. The molecule has 0 fully saturated rings. The van der Waals surface area contributed by atoms with Gasteiger partial charge < -0.3 is 9.57 Å². The standard InChI is InChI=1S/C12H15NO4/c1-9(2)12(15)17-13-11(14)8-16-10-6-4-3-5-7-10/h3-7,9H,8H2,1-2H3,(H,13,14). The van der Waals surface area contributed by atoms with Gasteiger partial charge in [0.05, 0.1) is 5.92 Å². The molecule has 0 atom stereocenters. The molecule has 1 rings (SSSR count). The maximum absolute atomic E-state index is 11.2. The lowest BCUT2D eigenvalue weighted by molar-refractivity contribution is -0.161. The quantitative estimate of drug-likeness (QED) is 0.801. The zero-order chi connectivity index (χ0) is 12.7. The molecule has 1 N–H and O–H groups in total. The lowest BCUT2D eigenvalue weighted by Crippen LogP contribution is -2.32. The molecular formula is C12H15NO4. The van der Waals surface area contributed by atoms with Crippen LogP contribution >= 0.6 is 0 Å². The van der Waals surface area contributed by atoms with E-state index in [1.807, 2.05) is 11.5 Å². The Bertz CT molecular complexity index is 375. The third-order valence-corrected chi connectivity index (χ3v) is 1.85. The van der Waals surface area contributed by atoms with Crippen molar-refractivity contribution in [2.45, 2.75) is 13.8 Å². The number of hydrogen-bond donors (Lipinski definition) is 1. The molecule has 0 saturated heterocycles. The third kappa shape index (κ3) is 5.01. The number of rotatable bonds is 4. The second-order valence-corrected chi connectivity index (χ2v) is 3.70. The summed E-state index contributed by atoms with van der Waals surface area (Å²) in [6.07, 6.45) is 0. The number of para-hydroxylation sites is 1. The van der Waals surface area contributed by atoms with E-state index >= 15 is 0 Å². The summed E-state index contributed by atoms with van der Waals surface area (Å²) in [5.41, 5.74) is 2.02. The SMILES string of the molecule is CC(C)C(=O)ONC(=O)COc1ccccc1. The molecule has 0 radical (unpaired) electrons. The largest absolute Gasteiger partial charge is 0.484 e. The van der Waals surface area contributed by atoms with Crippen molar-refractivity contribution >= 4 is 11.9 Å². The summed E-state index contributed by atoms with van der Waals surface area (Å²) in [7, 11) is 0. The Kier molecular flexibility index (Phi) is 5.00. The molecule has 0 spiro atoms. The Morgan fingerprint density at radius 2 is 1.88 bits per heavy atom. The first-order valence-corrected chi connectivity index (χ1v) is 5.27. The van der Waals surface area contributed by atoms with Crippen LogP contribution in [0.15, 0.2) is 30.3 Å². The molecule has 1 aromatic rings. The van der Waals surface area contributed by atoms with Crippen LogP contribution in [0, 0.1) is 5.92 Å². The predicted molar refractivity (Wildman–Crippen MR) is 61.0 cm³/mol. The van der Waals surface area contributed by atoms with Gasteiger partial charge in [-0.2, -0.15) is 5.48 Å². The molecule has 5 nitrogen and oxygen atoms in total. The van der Waals surface area contributed by atoms with Crippen molar-refractivity contribution in [1.82, 2.24) is 5.48 Å². The topological polar surface area (TPSA) is 64.6 Å². The molecule has 0 heterocycles. The van der Waals surface area contributed by atoms with E-state index in [2.05, 4.69) is 4.84 Å². The summed E-state index contributed by atoms with van der Waals surface area (Å²) in [5, 5.41) is 0. The van der Waals surface area contributed by atoms with Gasteiger partial charge in [-0.1, -0.05) is 32.0 Å². The maximum Gasteiger partial charge on any atom is 0.334 e. The van der Waals surface area contributed by atoms with Crippen molar-refractivity contribution < 1.29 is 19.2 Å². The summed E-state index contributed by atoms with van der Waals surface area (Å²) in [6.45, 7) is 3.15. The highest BCUT2D eigenvalue weighted by atomic mass is 16.7. The summed E-state index contributed by atoms with van der Waals surface area (Å²) in [4.78, 5) is 26.8. The summed E-state index contributed by atoms with van der Waals surface area (Å²) in [6, 6.07) is 8.90. The van der Waals surface area contributed by atoms with E-state index in [4.69, 9.17) is 4.74 Å². The lowest BCUT2D eigenvalue weighted by Gasteiger charge is -2.08. The zero-order valence-electron chi connectivity index (χ0n) is 9.80. The smallest absolute Gasteiger partial charge is 0.334 e. The average molecular weight is 237 g/mol. The number of carbonyl (C=O) groups is 2. The van der Waals surface area contributed by atoms with Crippen molar-refractivity contribution in [2.75, 3.05) is 6.61 Å². The minimum Gasteiger partial charge on any atom is -0.484 e. The molecule has 0 aliphatic rings. The molecular weight excluding hydrogens is 222 g/mol. The lowest BCUT2D eigenvalue weighted by atomic mass is 10.2. The van der Waals surface area contributed by atoms with Gasteiger partial charge >= 0.3 is 5.97 Å². The van der Waals surface area contributed by atoms with E-state index in [1.165, 1.54) is 0 Å². The Labute approximate surface area is 99.7 Å². The predicted octanol–water partition coefficient (Wildman–Crippen LogP) is 1.30. The van der Waals surface area contributed by atoms with E-state index in [1.54, 1.807) is 38.1 Å². The van der Waals surface area contributed by atoms with Crippen molar-refractivity contribution in [1.29, 1.82) is 0 Å². The van der Waals surface area contributed by atoms with Gasteiger partial charge in [0.2, 0.25) is 0 Å². The summed E-state index contributed by atoms with van der Waals surface area (Å²) in [5.74, 6) is -0.705. The van der Waals surface area contributed by atoms with Crippen LogP contribution < -0.4 is 10.2 Å². The Hall–Kier alpha value is -2.04. The molecule has 0 bridgehead atoms. The first-order valence-electron chi connectivity index (χ1n) is 5.27. The fraction of sp³-hybridized carbons (Fsp3) is 0.333. The van der Waals surface area contributed by atoms with Crippen molar-refractivity contribution in [3.05, 3.63) is 30.3 Å². The number of hydroxylamine groups is 1. The van der Waals surface area contributed by atoms with Crippen LogP contribution in [0.5, 0.6) is 5.75 Å². The molecule has 0 saturated carbocycles. The number of ether oxygens (including phenoxy) is 1. The van der Waals surface area contributed by atoms with Gasteiger partial charge in [-0.15, -0.1) is 0 Å². The Morgan fingerprint density at radius 3 is 2.47 bits per heavy atom. The highest BCUT2D eigenvalue weighted by molar-refractivity contribution is 5.79. The van der Waals surface area contributed by atoms with Crippen molar-refractivity contribution in [3.8, 4) is 5.75 Å². The highest BCUT2D eigenvalue weighted by Gasteiger charge is 2.11. The molecule has 1 amide bonds. The molecule has 17 heavy (non-hydrogen) atoms. The number of amides is 1. The van der Waals surface area contributed by atoms with E-state index in [-0.39, 0.29) is 12.5 Å². The van der Waals surface area contributed by atoms with Crippen molar-refractivity contribution in [3.63, 3.8) is 0 Å². The van der Waals surface area contributed by atoms with Crippen LogP contribution in [-0.2, 0) is 14.4 Å². The Morgan fingerprint density at radius 1 is 1.24 bits per heavy atom. The van der Waals surface area contributed by atoms with Gasteiger partial charge in [0, 0.05) is 0 Å². The summed E-state index contributed by atoms with van der Waals surface area (Å²) >= 11 is 0. The van der Waals surface area contributed by atoms with Crippen LogP contribution in [0.2, 0.25) is 0 Å². The monoisotopic (exact) mass is 237 g/mol. The van der Waals surface area contributed by atoms with Crippen LogP contribution in [0.1, 0.15) is 13.8 Å². The first kappa shape index (κ1) is 13.0. The number of hydrogen-bond acceptors (Lipinski definition) is 4. The van der Waals surface area contributed by atoms with E-state index < -0.39 is 11.9 Å². The van der Waals surface area contributed by atoms with Gasteiger partial charge in [0.15, 0.2) is 6.61 Å². The number of nitrogens with one attached hydrogen (secondary N) is 1. The normalized spacial score (nSPS) is 9.82. The molecule has 1 aromatic carbocycles. The third-order valence-electron chi connectivity index (χ3n) is 1.85. The minimum atomic E-state index is -0.511. The van der Waals surface area contributed by atoms with Crippen LogP contribution in [0.3, 0.4) is 0 Å². The fourth-order valence-corrected chi connectivity index (χ4v) is 0.920. The molecule has 0 aliphatic carbocycles. The van der Waals surface area contributed by atoms with E-state index in [9.17, 15) is 9.59 Å². The Balaban J connectivity index is 2.24. The second-order valence-electron chi connectivity index (χ2n) is 3.70. The van der Waals surface area contributed by atoms with Crippen LogP contribution in [-0.4, -0.2) is 18.5 Å². The highest BCUT2D eigenvalue weighted by Crippen LogP contribution is 2.07. The average Bonchev–Trinajstić information content (AvgIpc) is 2.34. The summed E-state index contributed by atoms with van der Waals surface area (Å²) < 4.78 is 5.16. The second kappa shape index (κ2) is 6.52. The van der Waals surface area contributed by atoms with Gasteiger partial charge in [-0.3, -0.25) is 4.79 Å².